The molecule has 0 aromatic heterocycles. The molecule has 0 aromatic carbocycles. The molecule has 0 aliphatic rings. The van der Waals surface area contributed by atoms with Crippen molar-refractivity contribution >= 4 is 15.6 Å². The number of rotatable bonds is 0. The zero-order valence-electron chi connectivity index (χ0n) is 8.16. The SMILES string of the molecule is O.O.O.O.O.O.O=P([O-])([O-])[O-].O=P([O-])([O-])[O-].[Co+2].[Co+2].[Co+2]. The Kier molecular flexibility index (Phi) is 166. The largest absolute Gasteiger partial charge is 2.00 e. The first-order valence-corrected chi connectivity index (χ1v) is 4.38. The van der Waals surface area contributed by atoms with Crippen molar-refractivity contribution in [3.05, 3.63) is 0 Å². The zero-order valence-corrected chi connectivity index (χ0v) is 13.1. The van der Waals surface area contributed by atoms with Gasteiger partial charge in [-0.3, -0.25) is 0 Å². The summed E-state index contributed by atoms with van der Waals surface area (Å²) in [4.78, 5) is 51.3. The quantitative estimate of drug-likeness (QED) is 0.302. The molecule has 19 heavy (non-hydrogen) atoms. The van der Waals surface area contributed by atoms with E-state index in [0.29, 0.717) is 0 Å². The molecule has 0 rings (SSSR count). The van der Waals surface area contributed by atoms with Crippen LogP contribution in [0.25, 0.3) is 0 Å². The fourth-order valence-corrected chi connectivity index (χ4v) is 0. The van der Waals surface area contributed by atoms with E-state index in [1.807, 2.05) is 0 Å². The molecule has 0 saturated heterocycles. The Morgan fingerprint density at radius 3 is 0.421 bits per heavy atom. The number of hydrogen-bond acceptors (Lipinski definition) is 8. The zero-order chi connectivity index (χ0) is 9.00. The molecule has 3 radical (unpaired) electrons. The topological polar surface area (TPSA) is 362 Å². The summed E-state index contributed by atoms with van der Waals surface area (Å²) in [5, 5.41) is 0. The van der Waals surface area contributed by atoms with E-state index in [-0.39, 0.29) is 83.2 Å². The molecule has 19 heteroatoms. The summed E-state index contributed by atoms with van der Waals surface area (Å²) in [6, 6.07) is 0. The van der Waals surface area contributed by atoms with Gasteiger partial charge in [0, 0.05) is 0 Å². The van der Waals surface area contributed by atoms with Crippen molar-refractivity contribution in [2.75, 3.05) is 0 Å². The maximum Gasteiger partial charge on any atom is 2.00 e. The van der Waals surface area contributed by atoms with Gasteiger partial charge in [-0.05, 0) is 0 Å². The molecule has 0 heterocycles. The molecule has 0 unspecified atom stereocenters. The third kappa shape index (κ3) is 2660. The van der Waals surface area contributed by atoms with Gasteiger partial charge in [0.05, 0.1) is 0 Å². The van der Waals surface area contributed by atoms with Crippen LogP contribution in [-0.2, 0) is 59.5 Å². The second-order valence-corrected chi connectivity index (χ2v) is 2.68. The molecule has 0 bridgehead atoms. The number of phosphoric acid groups is 2. The fraction of sp³-hybridized carbons (Fsp3) is 0. The summed E-state index contributed by atoms with van der Waals surface area (Å²) < 4.78 is 17.1. The van der Waals surface area contributed by atoms with Gasteiger partial charge in [-0.25, -0.2) is 0 Å². The van der Waals surface area contributed by atoms with Crippen LogP contribution in [0.4, 0.5) is 0 Å². The fourth-order valence-electron chi connectivity index (χ4n) is 0. The van der Waals surface area contributed by atoms with Crippen LogP contribution < -0.4 is 29.4 Å². The van der Waals surface area contributed by atoms with Crippen LogP contribution in [-0.4, -0.2) is 32.9 Å². The van der Waals surface area contributed by atoms with Crippen molar-refractivity contribution < 1.29 is 122 Å². The predicted octanol–water partition coefficient (Wildman–Crippen LogP) is -10.6. The van der Waals surface area contributed by atoms with Crippen molar-refractivity contribution in [1.82, 2.24) is 0 Å². The van der Waals surface area contributed by atoms with Gasteiger partial charge in [-0.15, -0.1) is 0 Å². The third-order valence-corrected chi connectivity index (χ3v) is 0. The van der Waals surface area contributed by atoms with Crippen LogP contribution in [0.15, 0.2) is 0 Å². The molecule has 0 amide bonds. The minimum absolute atomic E-state index is 0. The van der Waals surface area contributed by atoms with Crippen molar-refractivity contribution in [1.29, 1.82) is 0 Å². The van der Waals surface area contributed by atoms with Crippen LogP contribution >= 0.6 is 15.6 Å². The summed E-state index contributed by atoms with van der Waals surface area (Å²) in [5.41, 5.74) is 0. The summed E-state index contributed by atoms with van der Waals surface area (Å²) in [5.74, 6) is 0. The average Bonchev–Trinajstić information content (AvgIpc) is 1.12. The molecule has 14 nitrogen and oxygen atoms in total. The molecule has 0 atom stereocenters. The van der Waals surface area contributed by atoms with Crippen molar-refractivity contribution in [2.45, 2.75) is 0 Å². The van der Waals surface area contributed by atoms with Crippen LogP contribution in [0.5, 0.6) is 0 Å². The van der Waals surface area contributed by atoms with Crippen LogP contribution in [0.2, 0.25) is 0 Å². The van der Waals surface area contributed by atoms with E-state index in [1.54, 1.807) is 0 Å². The summed E-state index contributed by atoms with van der Waals surface area (Å²) >= 11 is 0. The number of hydrogen-bond donors (Lipinski definition) is 0. The Balaban J connectivity index is -0.00000000508. The predicted molar refractivity (Wildman–Crippen MR) is 36.9 cm³/mol. The molecule has 0 aliphatic carbocycles. The minimum atomic E-state index is -5.39. The van der Waals surface area contributed by atoms with Crippen LogP contribution in [0.3, 0.4) is 0 Å². The van der Waals surface area contributed by atoms with E-state index < -0.39 is 15.6 Å². The Morgan fingerprint density at radius 1 is 0.421 bits per heavy atom. The Bertz CT molecular complexity index is 133. The van der Waals surface area contributed by atoms with Gasteiger partial charge in [0.25, 0.3) is 0 Å². The van der Waals surface area contributed by atoms with Gasteiger partial charge < -0.3 is 71.3 Å². The normalized spacial score (nSPS) is 6.21. The summed E-state index contributed by atoms with van der Waals surface area (Å²) in [6.45, 7) is 0. The molecule has 0 saturated carbocycles. The maximum absolute atomic E-state index is 8.55. The molecule has 0 aliphatic heterocycles. The maximum atomic E-state index is 8.55. The molecular formula is H12Co3O14P2. The van der Waals surface area contributed by atoms with Gasteiger partial charge >= 0.3 is 50.3 Å². The van der Waals surface area contributed by atoms with Crippen molar-refractivity contribution in [3.8, 4) is 0 Å². The molecule has 12 N–H and O–H groups in total. The van der Waals surface area contributed by atoms with E-state index in [4.69, 9.17) is 38.5 Å². The van der Waals surface area contributed by atoms with E-state index >= 15 is 0 Å². The van der Waals surface area contributed by atoms with Crippen LogP contribution in [0, 0.1) is 0 Å². The Labute approximate surface area is 137 Å². The van der Waals surface area contributed by atoms with Gasteiger partial charge in [0.1, 0.15) is 0 Å². The summed E-state index contributed by atoms with van der Waals surface area (Å²) in [6.07, 6.45) is 0. The van der Waals surface area contributed by atoms with E-state index in [1.165, 1.54) is 0 Å². The second kappa shape index (κ2) is 36.6. The van der Waals surface area contributed by atoms with E-state index in [0.717, 1.165) is 0 Å². The van der Waals surface area contributed by atoms with E-state index in [2.05, 4.69) is 0 Å². The summed E-state index contributed by atoms with van der Waals surface area (Å²) in [7, 11) is -10.8. The first kappa shape index (κ1) is 86.4. The van der Waals surface area contributed by atoms with Crippen molar-refractivity contribution in [3.63, 3.8) is 0 Å². The third-order valence-electron chi connectivity index (χ3n) is 0. The van der Waals surface area contributed by atoms with Crippen molar-refractivity contribution in [2.24, 2.45) is 0 Å². The molecule has 133 valence electrons. The molecule has 0 spiro atoms. The monoisotopic (exact) mass is 475 g/mol. The average molecular weight is 475 g/mol. The smallest absolute Gasteiger partial charge is 0.822 e. The Morgan fingerprint density at radius 2 is 0.421 bits per heavy atom. The molecule has 0 aromatic rings. The molecule has 0 fully saturated rings. The second-order valence-electron chi connectivity index (χ2n) is 0.894. The van der Waals surface area contributed by atoms with E-state index in [9.17, 15) is 0 Å². The van der Waals surface area contributed by atoms with Gasteiger partial charge in [-0.2, -0.15) is 15.6 Å². The first-order valence-electron chi connectivity index (χ1n) is 1.46. The first-order chi connectivity index (χ1) is 4.00. The van der Waals surface area contributed by atoms with Gasteiger partial charge in [0.2, 0.25) is 0 Å². The molecular weight excluding hydrogens is 463 g/mol. The van der Waals surface area contributed by atoms with Gasteiger partial charge in [0.15, 0.2) is 0 Å². The Hall–Kier alpha value is 1.50. The standard InChI is InChI=1S/3Co.2H3O4P.6H2O/c;;;2*1-5(2,3)4;;;;;;/h;;;2*(H3,1,2,3,4);6*1H2/q3*+2;;;;;;;;/p-6. The van der Waals surface area contributed by atoms with Gasteiger partial charge in [-0.1, -0.05) is 0 Å². The minimum Gasteiger partial charge on any atom is -0.822 e. The van der Waals surface area contributed by atoms with Crippen LogP contribution in [0.1, 0.15) is 0 Å².